The van der Waals surface area contributed by atoms with Gasteiger partial charge < -0.3 is 4.74 Å². The number of benzene rings is 2. The molecule has 0 radical (unpaired) electrons. The van der Waals surface area contributed by atoms with Crippen LogP contribution in [0.4, 0.5) is 5.69 Å². The molecule has 0 bridgehead atoms. The van der Waals surface area contributed by atoms with Gasteiger partial charge in [0.15, 0.2) is 0 Å². The van der Waals surface area contributed by atoms with Crippen LogP contribution in [0, 0.1) is 21.4 Å². The van der Waals surface area contributed by atoms with Gasteiger partial charge >= 0.3 is 5.97 Å². The lowest BCUT2D eigenvalue weighted by atomic mass is 10.0. The molecule has 0 aliphatic carbocycles. The molecule has 6 heteroatoms. The molecule has 2 aromatic carbocycles. The van der Waals surface area contributed by atoms with Gasteiger partial charge in [-0.25, -0.2) is 4.79 Å². The number of nitrogens with zero attached hydrogens (tertiary/aromatic N) is 2. The van der Waals surface area contributed by atoms with Crippen LogP contribution in [0.3, 0.4) is 0 Å². The molecule has 2 rings (SSSR count). The first-order valence-corrected chi connectivity index (χ1v) is 6.60. The largest absolute Gasteiger partial charge is 0.465 e. The Hall–Kier alpha value is -3.46. The zero-order chi connectivity index (χ0) is 16.8. The normalized spacial score (nSPS) is 10.7. The van der Waals surface area contributed by atoms with Crippen molar-refractivity contribution in [2.75, 3.05) is 7.11 Å². The predicted octanol–water partition coefficient (Wildman–Crippen LogP) is 3.45. The average molecular weight is 308 g/mol. The maximum Gasteiger partial charge on any atom is 0.337 e. The third kappa shape index (κ3) is 3.60. The standard InChI is InChI=1S/C17H12N2O4/c1-23-17(20)13-8-6-12(7-9-13)10-14(11-18)15-4-2-3-5-16(15)19(21)22/h2-10H,1H3/b14-10-. The highest BCUT2D eigenvalue weighted by molar-refractivity contribution is 5.93. The molecule has 0 aliphatic heterocycles. The van der Waals surface area contributed by atoms with E-state index in [0.717, 1.165) is 0 Å². The molecule has 0 spiro atoms. The van der Waals surface area contributed by atoms with E-state index in [-0.39, 0.29) is 16.8 Å². The molecule has 0 aliphatic rings. The Morgan fingerprint density at radius 2 is 1.87 bits per heavy atom. The Labute approximate surface area is 132 Å². The van der Waals surface area contributed by atoms with Gasteiger partial charge in [0.1, 0.15) is 6.07 Å². The Morgan fingerprint density at radius 1 is 1.22 bits per heavy atom. The summed E-state index contributed by atoms with van der Waals surface area (Å²) in [4.78, 5) is 21.9. The van der Waals surface area contributed by atoms with E-state index in [2.05, 4.69) is 4.74 Å². The summed E-state index contributed by atoms with van der Waals surface area (Å²) < 4.78 is 4.61. The smallest absolute Gasteiger partial charge is 0.337 e. The van der Waals surface area contributed by atoms with Crippen LogP contribution < -0.4 is 0 Å². The molecule has 0 heterocycles. The molecule has 0 saturated heterocycles. The van der Waals surface area contributed by atoms with E-state index >= 15 is 0 Å². The second kappa shape index (κ2) is 7.00. The number of hydrogen-bond donors (Lipinski definition) is 0. The number of nitriles is 1. The lowest BCUT2D eigenvalue weighted by Gasteiger charge is -2.02. The van der Waals surface area contributed by atoms with Gasteiger partial charge in [0.25, 0.3) is 5.69 Å². The third-order valence-corrected chi connectivity index (χ3v) is 3.15. The van der Waals surface area contributed by atoms with Crippen molar-refractivity contribution in [3.05, 3.63) is 75.3 Å². The first-order valence-electron chi connectivity index (χ1n) is 6.60. The number of nitro groups is 1. The lowest BCUT2D eigenvalue weighted by Crippen LogP contribution is -2.00. The summed E-state index contributed by atoms with van der Waals surface area (Å²) in [5, 5.41) is 20.4. The molecule has 0 saturated carbocycles. The fraction of sp³-hybridized carbons (Fsp3) is 0.0588. The monoisotopic (exact) mass is 308 g/mol. The maximum atomic E-state index is 11.4. The zero-order valence-electron chi connectivity index (χ0n) is 12.2. The molecule has 0 aromatic heterocycles. The minimum Gasteiger partial charge on any atom is -0.465 e. The first-order chi connectivity index (χ1) is 11.1. The molecule has 0 unspecified atom stereocenters. The molecule has 6 nitrogen and oxygen atoms in total. The van der Waals surface area contributed by atoms with Crippen molar-refractivity contribution in [2.45, 2.75) is 0 Å². The second-order valence-corrected chi connectivity index (χ2v) is 4.56. The maximum absolute atomic E-state index is 11.4. The highest BCUT2D eigenvalue weighted by atomic mass is 16.6. The van der Waals surface area contributed by atoms with Gasteiger partial charge in [-0.1, -0.05) is 24.3 Å². The molecule has 0 amide bonds. The highest BCUT2D eigenvalue weighted by Crippen LogP contribution is 2.27. The minimum atomic E-state index is -0.527. The molecule has 0 fully saturated rings. The zero-order valence-corrected chi connectivity index (χ0v) is 12.2. The minimum absolute atomic E-state index is 0.133. The fourth-order valence-corrected chi connectivity index (χ4v) is 2.03. The number of rotatable bonds is 4. The quantitative estimate of drug-likeness (QED) is 0.283. The summed E-state index contributed by atoms with van der Waals surface area (Å²) in [5.74, 6) is -0.459. The van der Waals surface area contributed by atoms with E-state index in [9.17, 15) is 20.2 Å². The molecule has 114 valence electrons. The van der Waals surface area contributed by atoms with Gasteiger partial charge in [0.05, 0.1) is 28.7 Å². The van der Waals surface area contributed by atoms with Gasteiger partial charge in [0.2, 0.25) is 0 Å². The summed E-state index contributed by atoms with van der Waals surface area (Å²) in [6, 6.07) is 14.4. The van der Waals surface area contributed by atoms with Crippen LogP contribution in [0.2, 0.25) is 0 Å². The van der Waals surface area contributed by atoms with Crippen LogP contribution in [0.1, 0.15) is 21.5 Å². The Bertz CT molecular complexity index is 817. The number of para-hydroxylation sites is 1. The second-order valence-electron chi connectivity index (χ2n) is 4.56. The fourth-order valence-electron chi connectivity index (χ4n) is 2.03. The molecule has 0 N–H and O–H groups in total. The highest BCUT2D eigenvalue weighted by Gasteiger charge is 2.16. The number of carbonyl (C=O) groups excluding carboxylic acids is 1. The number of hydrogen-bond acceptors (Lipinski definition) is 5. The van der Waals surface area contributed by atoms with Crippen molar-refractivity contribution in [1.82, 2.24) is 0 Å². The predicted molar refractivity (Wildman–Crippen MR) is 84.4 cm³/mol. The summed E-state index contributed by atoms with van der Waals surface area (Å²) >= 11 is 0. The Balaban J connectivity index is 2.42. The average Bonchev–Trinajstić information content (AvgIpc) is 2.59. The van der Waals surface area contributed by atoms with Crippen LogP contribution >= 0.6 is 0 Å². The van der Waals surface area contributed by atoms with E-state index < -0.39 is 10.9 Å². The Kier molecular flexibility index (Phi) is 4.85. The van der Waals surface area contributed by atoms with Crippen molar-refractivity contribution in [3.63, 3.8) is 0 Å². The van der Waals surface area contributed by atoms with Crippen LogP contribution in [0.15, 0.2) is 48.5 Å². The third-order valence-electron chi connectivity index (χ3n) is 3.15. The first kappa shape index (κ1) is 15.9. The van der Waals surface area contributed by atoms with E-state index in [4.69, 9.17) is 0 Å². The Morgan fingerprint density at radius 3 is 2.43 bits per heavy atom. The topological polar surface area (TPSA) is 93.2 Å². The van der Waals surface area contributed by atoms with Crippen molar-refractivity contribution in [1.29, 1.82) is 5.26 Å². The number of methoxy groups -OCH3 is 1. The van der Waals surface area contributed by atoms with E-state index in [1.54, 1.807) is 36.4 Å². The van der Waals surface area contributed by atoms with Crippen LogP contribution in [-0.4, -0.2) is 18.0 Å². The van der Waals surface area contributed by atoms with Crippen molar-refractivity contribution < 1.29 is 14.5 Å². The molecule has 23 heavy (non-hydrogen) atoms. The number of esters is 1. The number of allylic oxidation sites excluding steroid dienone is 1. The molecular weight excluding hydrogens is 296 g/mol. The number of nitro benzene ring substituents is 1. The summed E-state index contributed by atoms with van der Waals surface area (Å²) in [6.07, 6.45) is 1.53. The summed E-state index contributed by atoms with van der Waals surface area (Å²) in [5.41, 5.74) is 1.31. The van der Waals surface area contributed by atoms with Gasteiger partial charge in [-0.3, -0.25) is 10.1 Å². The van der Waals surface area contributed by atoms with Crippen LogP contribution in [0.25, 0.3) is 11.6 Å². The SMILES string of the molecule is COC(=O)c1ccc(/C=C(/C#N)c2ccccc2[N+](=O)[O-])cc1. The van der Waals surface area contributed by atoms with Crippen molar-refractivity contribution in [2.24, 2.45) is 0 Å². The lowest BCUT2D eigenvalue weighted by molar-refractivity contribution is -0.385. The molecule has 0 atom stereocenters. The van der Waals surface area contributed by atoms with Crippen molar-refractivity contribution >= 4 is 23.3 Å². The van der Waals surface area contributed by atoms with Gasteiger partial charge in [-0.2, -0.15) is 5.26 Å². The number of carbonyl (C=O) groups is 1. The number of ether oxygens (including phenoxy) is 1. The van der Waals surface area contributed by atoms with E-state index in [0.29, 0.717) is 11.1 Å². The van der Waals surface area contributed by atoms with Crippen LogP contribution in [-0.2, 0) is 4.74 Å². The van der Waals surface area contributed by atoms with Gasteiger partial charge in [-0.15, -0.1) is 0 Å². The van der Waals surface area contributed by atoms with Crippen molar-refractivity contribution in [3.8, 4) is 6.07 Å². The summed E-state index contributed by atoms with van der Waals surface area (Å²) in [6.45, 7) is 0. The van der Waals surface area contributed by atoms with E-state index in [1.807, 2.05) is 6.07 Å². The van der Waals surface area contributed by atoms with Gasteiger partial charge in [0, 0.05) is 6.07 Å². The summed E-state index contributed by atoms with van der Waals surface area (Å²) in [7, 11) is 1.29. The molecule has 2 aromatic rings. The van der Waals surface area contributed by atoms with Crippen LogP contribution in [0.5, 0.6) is 0 Å². The van der Waals surface area contributed by atoms with E-state index in [1.165, 1.54) is 25.3 Å². The van der Waals surface area contributed by atoms with Gasteiger partial charge in [-0.05, 0) is 29.8 Å². The molecular formula is C17H12N2O4.